The summed E-state index contributed by atoms with van der Waals surface area (Å²) in [6, 6.07) is -0.315. The Hall–Kier alpha value is -0.820. The van der Waals surface area contributed by atoms with Crippen LogP contribution in [0.5, 0.6) is 0 Å². The van der Waals surface area contributed by atoms with Crippen molar-refractivity contribution >= 4 is 15.9 Å². The van der Waals surface area contributed by atoms with Crippen molar-refractivity contribution in [2.75, 3.05) is 31.8 Å². The van der Waals surface area contributed by atoms with Crippen LogP contribution in [0.1, 0.15) is 6.42 Å². The van der Waals surface area contributed by atoms with Gasteiger partial charge >= 0.3 is 6.09 Å². The number of carbonyl (C=O) groups excluding carboxylic acids is 1. The molecule has 88 valence electrons. The number of hydrogen-bond acceptors (Lipinski definition) is 5. The lowest BCUT2D eigenvalue weighted by Crippen LogP contribution is -2.36. The maximum Gasteiger partial charge on any atom is 0.407 e. The van der Waals surface area contributed by atoms with E-state index in [0.29, 0.717) is 13.0 Å². The molecular weight excluding hydrogens is 222 g/mol. The van der Waals surface area contributed by atoms with Gasteiger partial charge in [-0.2, -0.15) is 0 Å². The van der Waals surface area contributed by atoms with Gasteiger partial charge in [-0.1, -0.05) is 0 Å². The number of carbonyl (C=O) groups is 1. The molecule has 0 aromatic heterocycles. The molecule has 0 saturated carbocycles. The second kappa shape index (κ2) is 5.32. The molecule has 0 spiro atoms. The number of hydrogen-bond donors (Lipinski definition) is 1. The summed E-state index contributed by atoms with van der Waals surface area (Å²) in [5, 5.41) is 2.50. The van der Waals surface area contributed by atoms with Crippen LogP contribution in [0.2, 0.25) is 0 Å². The van der Waals surface area contributed by atoms with Gasteiger partial charge in [-0.25, -0.2) is 13.2 Å². The van der Waals surface area contributed by atoms with Crippen LogP contribution in [0.4, 0.5) is 4.79 Å². The van der Waals surface area contributed by atoms with Gasteiger partial charge in [0.15, 0.2) is 9.84 Å². The largest absolute Gasteiger partial charge is 0.447 e. The molecule has 15 heavy (non-hydrogen) atoms. The maximum absolute atomic E-state index is 11.1. The standard InChI is InChI=1S/C8H15NO5S/c1-13-3-4-14-8(10)9-7-2-5-15(11,12)6-7/h7H,2-6H2,1H3,(H,9,10). The van der Waals surface area contributed by atoms with Crippen molar-refractivity contribution in [1.82, 2.24) is 5.32 Å². The van der Waals surface area contributed by atoms with E-state index >= 15 is 0 Å². The van der Waals surface area contributed by atoms with E-state index in [0.717, 1.165) is 0 Å². The summed E-state index contributed by atoms with van der Waals surface area (Å²) in [5.41, 5.74) is 0. The van der Waals surface area contributed by atoms with Crippen LogP contribution in [0.25, 0.3) is 0 Å². The zero-order valence-corrected chi connectivity index (χ0v) is 9.38. The summed E-state index contributed by atoms with van der Waals surface area (Å²) in [6.07, 6.45) is -0.129. The number of nitrogens with one attached hydrogen (secondary N) is 1. The van der Waals surface area contributed by atoms with Crippen LogP contribution in [0, 0.1) is 0 Å². The monoisotopic (exact) mass is 237 g/mol. The van der Waals surface area contributed by atoms with E-state index in [1.807, 2.05) is 0 Å². The number of methoxy groups -OCH3 is 1. The predicted octanol–water partition coefficient (Wildman–Crippen LogP) is -0.454. The first-order valence-electron chi connectivity index (χ1n) is 4.66. The van der Waals surface area contributed by atoms with Crippen LogP contribution >= 0.6 is 0 Å². The quantitative estimate of drug-likeness (QED) is 0.669. The SMILES string of the molecule is COCCOC(=O)NC1CCS(=O)(=O)C1. The van der Waals surface area contributed by atoms with Crippen LogP contribution in [-0.2, 0) is 19.3 Å². The van der Waals surface area contributed by atoms with Crippen LogP contribution in [-0.4, -0.2) is 52.4 Å². The van der Waals surface area contributed by atoms with Gasteiger partial charge in [0.2, 0.25) is 0 Å². The normalized spacial score (nSPS) is 23.7. The first-order valence-corrected chi connectivity index (χ1v) is 6.48. The van der Waals surface area contributed by atoms with E-state index in [2.05, 4.69) is 5.32 Å². The van der Waals surface area contributed by atoms with Crippen molar-refractivity contribution in [2.24, 2.45) is 0 Å². The number of rotatable bonds is 4. The first-order chi connectivity index (χ1) is 7.03. The summed E-state index contributed by atoms with van der Waals surface area (Å²) < 4.78 is 31.6. The molecule has 0 radical (unpaired) electrons. The molecule has 1 rings (SSSR count). The summed E-state index contributed by atoms with van der Waals surface area (Å²) >= 11 is 0. The van der Waals surface area contributed by atoms with E-state index in [-0.39, 0.29) is 24.2 Å². The zero-order chi connectivity index (χ0) is 11.3. The first kappa shape index (κ1) is 12.3. The number of amides is 1. The molecule has 0 aromatic rings. The average Bonchev–Trinajstić information content (AvgIpc) is 2.46. The Bertz CT molecular complexity index is 313. The minimum absolute atomic E-state index is 0.00633. The summed E-state index contributed by atoms with van der Waals surface area (Å²) in [6.45, 7) is 0.498. The molecule has 1 unspecified atom stereocenters. The highest BCUT2D eigenvalue weighted by Gasteiger charge is 2.29. The Balaban J connectivity index is 2.22. The lowest BCUT2D eigenvalue weighted by molar-refractivity contribution is 0.0970. The van der Waals surface area contributed by atoms with E-state index in [1.54, 1.807) is 0 Å². The van der Waals surface area contributed by atoms with Crippen LogP contribution in [0.3, 0.4) is 0 Å². The van der Waals surface area contributed by atoms with Crippen molar-refractivity contribution in [3.63, 3.8) is 0 Å². The van der Waals surface area contributed by atoms with Gasteiger partial charge in [0.05, 0.1) is 18.1 Å². The van der Waals surface area contributed by atoms with Gasteiger partial charge in [0.1, 0.15) is 6.61 Å². The molecule has 7 heteroatoms. The van der Waals surface area contributed by atoms with Gasteiger partial charge in [-0.15, -0.1) is 0 Å². The molecule has 1 heterocycles. The van der Waals surface area contributed by atoms with Crippen molar-refractivity contribution in [1.29, 1.82) is 0 Å². The number of sulfone groups is 1. The third kappa shape index (κ3) is 4.48. The van der Waals surface area contributed by atoms with Crippen molar-refractivity contribution < 1.29 is 22.7 Å². The van der Waals surface area contributed by atoms with Crippen molar-refractivity contribution in [2.45, 2.75) is 12.5 Å². The summed E-state index contributed by atoms with van der Waals surface area (Å²) in [5.74, 6) is 0.141. The smallest absolute Gasteiger partial charge is 0.407 e. The highest BCUT2D eigenvalue weighted by molar-refractivity contribution is 7.91. The number of alkyl carbamates (subject to hydrolysis) is 1. The Morgan fingerprint density at radius 3 is 2.73 bits per heavy atom. The fourth-order valence-electron chi connectivity index (χ4n) is 1.33. The summed E-state index contributed by atoms with van der Waals surface area (Å²) in [7, 11) is -1.46. The van der Waals surface area contributed by atoms with Gasteiger partial charge in [0, 0.05) is 13.2 Å². The lowest BCUT2D eigenvalue weighted by Gasteiger charge is -2.10. The minimum atomic E-state index is -2.96. The lowest BCUT2D eigenvalue weighted by atomic mass is 10.3. The molecule has 1 N–H and O–H groups in total. The Morgan fingerprint density at radius 1 is 1.47 bits per heavy atom. The molecular formula is C8H15NO5S. The van der Waals surface area contributed by atoms with Crippen molar-refractivity contribution in [3.8, 4) is 0 Å². The van der Waals surface area contributed by atoms with Gasteiger partial charge in [-0.3, -0.25) is 0 Å². The van der Waals surface area contributed by atoms with Gasteiger partial charge < -0.3 is 14.8 Å². The van der Waals surface area contributed by atoms with Crippen LogP contribution in [0.15, 0.2) is 0 Å². The molecule has 1 saturated heterocycles. The average molecular weight is 237 g/mol. The second-order valence-corrected chi connectivity index (χ2v) is 5.60. The predicted molar refractivity (Wildman–Crippen MR) is 53.4 cm³/mol. The Kier molecular flexibility index (Phi) is 4.34. The molecule has 1 aliphatic heterocycles. The molecule has 1 fully saturated rings. The molecule has 1 atom stereocenters. The molecule has 0 aliphatic carbocycles. The summed E-state index contributed by atoms with van der Waals surface area (Å²) in [4.78, 5) is 11.1. The second-order valence-electron chi connectivity index (χ2n) is 3.37. The van der Waals surface area contributed by atoms with E-state index < -0.39 is 15.9 Å². The molecule has 1 aliphatic rings. The Labute approximate surface area is 88.9 Å². The molecule has 6 nitrogen and oxygen atoms in total. The van der Waals surface area contributed by atoms with Crippen molar-refractivity contribution in [3.05, 3.63) is 0 Å². The topological polar surface area (TPSA) is 81.7 Å². The molecule has 0 aromatic carbocycles. The zero-order valence-electron chi connectivity index (χ0n) is 8.56. The highest BCUT2D eigenvalue weighted by atomic mass is 32.2. The third-order valence-corrected chi connectivity index (χ3v) is 3.84. The third-order valence-electron chi connectivity index (χ3n) is 2.08. The van der Waals surface area contributed by atoms with Gasteiger partial charge in [-0.05, 0) is 6.42 Å². The van der Waals surface area contributed by atoms with E-state index in [1.165, 1.54) is 7.11 Å². The maximum atomic E-state index is 11.1. The Morgan fingerprint density at radius 2 is 2.20 bits per heavy atom. The fraction of sp³-hybridized carbons (Fsp3) is 0.875. The van der Waals surface area contributed by atoms with Crippen LogP contribution < -0.4 is 5.32 Å². The van der Waals surface area contributed by atoms with E-state index in [4.69, 9.17) is 9.47 Å². The number of ether oxygens (including phenoxy) is 2. The minimum Gasteiger partial charge on any atom is -0.447 e. The van der Waals surface area contributed by atoms with E-state index in [9.17, 15) is 13.2 Å². The molecule has 0 bridgehead atoms. The fourth-order valence-corrected chi connectivity index (χ4v) is 3.01. The molecule has 1 amide bonds. The highest BCUT2D eigenvalue weighted by Crippen LogP contribution is 2.11. The van der Waals surface area contributed by atoms with Gasteiger partial charge in [0.25, 0.3) is 0 Å².